The van der Waals surface area contributed by atoms with E-state index >= 15 is 0 Å². The molecule has 11 heteroatoms. The third kappa shape index (κ3) is 4.63. The second-order valence-electron chi connectivity index (χ2n) is 8.85. The SMILES string of the molecule is CC(C)(C)C1CN(Cc2ccn(S(=O)(=O)c3cccc(F)c3)c(=O)c2O)CCN1C(=O)O. The highest BCUT2D eigenvalue weighted by Crippen LogP contribution is 2.29. The first-order valence-corrected chi connectivity index (χ1v) is 11.4. The van der Waals surface area contributed by atoms with Crippen molar-refractivity contribution >= 4 is 16.1 Å². The third-order valence-corrected chi connectivity index (χ3v) is 7.23. The van der Waals surface area contributed by atoms with Gasteiger partial charge in [0.15, 0.2) is 5.75 Å². The van der Waals surface area contributed by atoms with Gasteiger partial charge in [0.2, 0.25) is 0 Å². The zero-order valence-corrected chi connectivity index (χ0v) is 18.8. The van der Waals surface area contributed by atoms with Gasteiger partial charge in [-0.2, -0.15) is 0 Å². The molecule has 1 aromatic carbocycles. The molecule has 1 fully saturated rings. The van der Waals surface area contributed by atoms with Crippen molar-refractivity contribution < 1.29 is 27.8 Å². The van der Waals surface area contributed by atoms with Crippen LogP contribution in [0.3, 0.4) is 0 Å². The molecule has 1 aliphatic rings. The first kappa shape index (κ1) is 23.7. The van der Waals surface area contributed by atoms with Crippen molar-refractivity contribution in [2.24, 2.45) is 5.41 Å². The smallest absolute Gasteiger partial charge is 0.407 e. The molecular weight excluding hydrogens is 441 g/mol. The van der Waals surface area contributed by atoms with Crippen LogP contribution in [0.2, 0.25) is 0 Å². The van der Waals surface area contributed by atoms with Gasteiger partial charge in [-0.3, -0.25) is 9.69 Å². The van der Waals surface area contributed by atoms with Gasteiger partial charge in [0.1, 0.15) is 5.82 Å². The van der Waals surface area contributed by atoms with Gasteiger partial charge in [0.05, 0.1) is 10.9 Å². The number of pyridine rings is 1. The monoisotopic (exact) mass is 467 g/mol. The number of hydrogen-bond donors (Lipinski definition) is 2. The van der Waals surface area contributed by atoms with Gasteiger partial charge in [-0.05, 0) is 29.7 Å². The lowest BCUT2D eigenvalue weighted by Crippen LogP contribution is -2.59. The predicted molar refractivity (Wildman–Crippen MR) is 115 cm³/mol. The lowest BCUT2D eigenvalue weighted by molar-refractivity contribution is 0.0187. The van der Waals surface area contributed by atoms with Gasteiger partial charge in [-0.15, -0.1) is 0 Å². The number of amides is 1. The van der Waals surface area contributed by atoms with E-state index in [1.165, 1.54) is 17.0 Å². The minimum atomic E-state index is -4.39. The van der Waals surface area contributed by atoms with E-state index < -0.39 is 38.1 Å². The van der Waals surface area contributed by atoms with Crippen molar-refractivity contribution in [2.75, 3.05) is 19.6 Å². The summed E-state index contributed by atoms with van der Waals surface area (Å²) in [6.07, 6.45) is 0.0318. The van der Waals surface area contributed by atoms with E-state index in [1.54, 1.807) is 0 Å². The van der Waals surface area contributed by atoms with Crippen molar-refractivity contribution in [2.45, 2.75) is 38.3 Å². The number of aromatic hydroxyl groups is 1. The molecule has 2 N–H and O–H groups in total. The maximum Gasteiger partial charge on any atom is 0.407 e. The van der Waals surface area contributed by atoms with Crippen LogP contribution in [0.4, 0.5) is 9.18 Å². The summed E-state index contributed by atoms with van der Waals surface area (Å²) < 4.78 is 39.3. The van der Waals surface area contributed by atoms with Crippen LogP contribution in [0.5, 0.6) is 5.75 Å². The summed E-state index contributed by atoms with van der Waals surface area (Å²) in [4.78, 5) is 27.1. The Labute approximate surface area is 185 Å². The van der Waals surface area contributed by atoms with Gasteiger partial charge >= 0.3 is 11.7 Å². The van der Waals surface area contributed by atoms with E-state index in [-0.39, 0.29) is 30.1 Å². The summed E-state index contributed by atoms with van der Waals surface area (Å²) in [5.41, 5.74) is -1.25. The fraction of sp³-hybridized carbons (Fsp3) is 0.429. The molecule has 32 heavy (non-hydrogen) atoms. The Morgan fingerprint density at radius 1 is 1.22 bits per heavy atom. The zero-order valence-electron chi connectivity index (χ0n) is 18.0. The molecule has 9 nitrogen and oxygen atoms in total. The fourth-order valence-corrected chi connectivity index (χ4v) is 5.06. The van der Waals surface area contributed by atoms with Gasteiger partial charge in [0.25, 0.3) is 10.0 Å². The number of halogens is 1. The highest BCUT2D eigenvalue weighted by Gasteiger charge is 2.38. The Balaban J connectivity index is 1.88. The minimum Gasteiger partial charge on any atom is -0.503 e. The lowest BCUT2D eigenvalue weighted by Gasteiger charge is -2.46. The summed E-state index contributed by atoms with van der Waals surface area (Å²) in [5, 5.41) is 19.9. The topological polar surface area (TPSA) is 120 Å². The summed E-state index contributed by atoms with van der Waals surface area (Å²) in [6, 6.07) is 5.26. The summed E-state index contributed by atoms with van der Waals surface area (Å²) in [7, 11) is -4.39. The molecule has 1 unspecified atom stereocenters. The van der Waals surface area contributed by atoms with Crippen LogP contribution < -0.4 is 5.56 Å². The highest BCUT2D eigenvalue weighted by atomic mass is 32.2. The van der Waals surface area contributed by atoms with Crippen LogP contribution in [0.25, 0.3) is 0 Å². The Morgan fingerprint density at radius 2 is 1.91 bits per heavy atom. The summed E-state index contributed by atoms with van der Waals surface area (Å²) in [5.74, 6) is -1.49. The summed E-state index contributed by atoms with van der Waals surface area (Å²) in [6.45, 7) is 7.00. The Hall–Kier alpha value is -2.92. The van der Waals surface area contributed by atoms with E-state index in [9.17, 15) is 32.6 Å². The first-order chi connectivity index (χ1) is 14.8. The molecule has 1 amide bonds. The van der Waals surface area contributed by atoms with E-state index in [1.807, 2.05) is 25.7 Å². The van der Waals surface area contributed by atoms with Crippen molar-refractivity contribution in [1.29, 1.82) is 0 Å². The molecule has 0 bridgehead atoms. The normalized spacial score (nSPS) is 18.0. The molecule has 1 atom stereocenters. The van der Waals surface area contributed by atoms with Gasteiger partial charge in [-0.25, -0.2) is 21.6 Å². The molecule has 174 valence electrons. The lowest BCUT2D eigenvalue weighted by atomic mass is 9.84. The molecule has 0 spiro atoms. The largest absolute Gasteiger partial charge is 0.503 e. The van der Waals surface area contributed by atoms with E-state index in [4.69, 9.17) is 0 Å². The van der Waals surface area contributed by atoms with Crippen LogP contribution in [-0.4, -0.2) is 64.2 Å². The molecular formula is C21H26FN3O6S. The number of rotatable bonds is 4. The number of aromatic nitrogens is 1. The molecule has 2 heterocycles. The van der Waals surface area contributed by atoms with Crippen molar-refractivity contribution in [3.05, 3.63) is 58.3 Å². The molecule has 1 aliphatic heterocycles. The van der Waals surface area contributed by atoms with Gasteiger partial charge in [0, 0.05) is 37.9 Å². The minimum absolute atomic E-state index is 0.141. The molecule has 1 aromatic heterocycles. The van der Waals surface area contributed by atoms with E-state index in [2.05, 4.69) is 0 Å². The average molecular weight is 468 g/mol. The average Bonchev–Trinajstić information content (AvgIpc) is 2.70. The number of piperazine rings is 1. The van der Waals surface area contributed by atoms with E-state index in [0.717, 1.165) is 24.4 Å². The Morgan fingerprint density at radius 3 is 2.50 bits per heavy atom. The van der Waals surface area contributed by atoms with Gasteiger partial charge in [-0.1, -0.05) is 26.8 Å². The van der Waals surface area contributed by atoms with Crippen molar-refractivity contribution in [3.8, 4) is 5.75 Å². The van der Waals surface area contributed by atoms with Crippen molar-refractivity contribution in [1.82, 2.24) is 13.8 Å². The maximum atomic E-state index is 13.5. The number of nitrogens with zero attached hydrogens (tertiary/aromatic N) is 3. The quantitative estimate of drug-likeness (QED) is 0.707. The second kappa shape index (κ2) is 8.55. The second-order valence-corrected chi connectivity index (χ2v) is 10.7. The fourth-order valence-electron chi connectivity index (χ4n) is 3.80. The Kier molecular flexibility index (Phi) is 6.34. The first-order valence-electron chi connectivity index (χ1n) is 9.99. The Bertz CT molecular complexity index is 1190. The third-order valence-electron chi connectivity index (χ3n) is 5.57. The molecule has 2 aromatic rings. The zero-order chi connectivity index (χ0) is 23.8. The number of carbonyl (C=O) groups is 1. The van der Waals surface area contributed by atoms with Crippen LogP contribution in [0, 0.1) is 11.2 Å². The highest BCUT2D eigenvalue weighted by molar-refractivity contribution is 7.90. The standard InChI is InChI=1S/C21H26FN3O6S/c1-21(2,3)17-13-23(9-10-24(17)20(28)29)12-14-7-8-25(19(27)18(14)26)32(30,31)16-6-4-5-15(22)11-16/h4-8,11,17,26H,9-10,12-13H2,1-3H3,(H,28,29). The molecule has 0 radical (unpaired) electrons. The molecule has 0 aliphatic carbocycles. The van der Waals surface area contributed by atoms with Crippen LogP contribution >= 0.6 is 0 Å². The number of benzene rings is 1. The van der Waals surface area contributed by atoms with Gasteiger partial charge < -0.3 is 15.1 Å². The molecule has 0 saturated carbocycles. The van der Waals surface area contributed by atoms with Crippen LogP contribution in [-0.2, 0) is 16.6 Å². The van der Waals surface area contributed by atoms with Crippen molar-refractivity contribution in [3.63, 3.8) is 0 Å². The van der Waals surface area contributed by atoms with E-state index in [0.29, 0.717) is 17.1 Å². The molecule has 1 saturated heterocycles. The number of carboxylic acid groups (broad SMARTS) is 1. The predicted octanol–water partition coefficient (Wildman–Crippen LogP) is 2.14. The summed E-state index contributed by atoms with van der Waals surface area (Å²) >= 11 is 0. The van der Waals surface area contributed by atoms with Crippen LogP contribution in [0.15, 0.2) is 46.2 Å². The maximum absolute atomic E-state index is 13.5. The molecule has 3 rings (SSSR count). The van der Waals surface area contributed by atoms with Crippen LogP contribution in [0.1, 0.15) is 26.3 Å². The number of hydrogen-bond acceptors (Lipinski definition) is 6.